The van der Waals surface area contributed by atoms with Crippen molar-refractivity contribution in [2.45, 2.75) is 37.6 Å². The number of sulfonamides is 1. The van der Waals surface area contributed by atoms with Gasteiger partial charge in [0.25, 0.3) is 0 Å². The van der Waals surface area contributed by atoms with Gasteiger partial charge in [-0.3, -0.25) is 4.98 Å². The Kier molecular flexibility index (Phi) is 3.50. The predicted octanol–water partition coefficient (Wildman–Crippen LogP) is 1.24. The van der Waals surface area contributed by atoms with E-state index < -0.39 is 10.0 Å². The monoisotopic (exact) mass is 360 g/mol. The summed E-state index contributed by atoms with van der Waals surface area (Å²) in [7, 11) is -3.15. The molecule has 1 aromatic rings. The Labute approximate surface area is 127 Å². The normalized spacial score (nSPS) is 26.7. The van der Waals surface area contributed by atoms with Gasteiger partial charge in [0.2, 0.25) is 10.0 Å². The van der Waals surface area contributed by atoms with Crippen LogP contribution in [-0.2, 0) is 10.0 Å². The maximum Gasteiger partial charge on any atom is 0.217 e. The van der Waals surface area contributed by atoms with Crippen LogP contribution < -0.4 is 4.90 Å². The molecule has 3 fully saturated rings. The average molecular weight is 361 g/mol. The minimum atomic E-state index is -3.15. The minimum absolute atomic E-state index is 0.0712. The van der Waals surface area contributed by atoms with Crippen LogP contribution in [0.4, 0.5) is 5.82 Å². The maximum atomic E-state index is 12.3. The molecular formula is C12H17BrN4O2S. The van der Waals surface area contributed by atoms with Crippen molar-refractivity contribution in [2.24, 2.45) is 0 Å². The zero-order valence-corrected chi connectivity index (χ0v) is 13.8. The molecule has 8 heteroatoms. The van der Waals surface area contributed by atoms with E-state index in [4.69, 9.17) is 0 Å². The molecule has 4 heterocycles. The standard InChI is InChI=1S/C12H17BrN4O2S/c1-8(2)20(18,19)17-9-3-10(17)7-16(6-9)12-5-14-4-11(13)15-12/h4-5,8-10H,3,6-7H2,1-2H3. The molecule has 0 aliphatic carbocycles. The van der Waals surface area contributed by atoms with Gasteiger partial charge < -0.3 is 4.90 Å². The van der Waals surface area contributed by atoms with Gasteiger partial charge in [0.05, 0.1) is 17.6 Å². The summed E-state index contributed by atoms with van der Waals surface area (Å²) < 4.78 is 27.0. The van der Waals surface area contributed by atoms with Crippen LogP contribution in [0.1, 0.15) is 20.3 Å². The van der Waals surface area contributed by atoms with Crippen molar-refractivity contribution in [3.63, 3.8) is 0 Å². The second kappa shape index (κ2) is 4.92. The van der Waals surface area contributed by atoms with E-state index in [0.29, 0.717) is 17.7 Å². The molecule has 0 spiro atoms. The number of piperidine rings is 1. The molecule has 110 valence electrons. The van der Waals surface area contributed by atoms with E-state index in [-0.39, 0.29) is 17.3 Å². The SMILES string of the molecule is CC(C)S(=O)(=O)N1C2CC1CN(c1cncc(Br)n1)C2. The third-order valence-electron chi connectivity index (χ3n) is 3.93. The second-order valence-electron chi connectivity index (χ2n) is 5.57. The highest BCUT2D eigenvalue weighted by molar-refractivity contribution is 9.10. The number of rotatable bonds is 3. The van der Waals surface area contributed by atoms with Crippen LogP contribution in [0.5, 0.6) is 0 Å². The summed E-state index contributed by atoms with van der Waals surface area (Å²) >= 11 is 3.31. The fraction of sp³-hybridized carbons (Fsp3) is 0.667. The topological polar surface area (TPSA) is 66.4 Å². The van der Waals surface area contributed by atoms with Gasteiger partial charge in [0.15, 0.2) is 0 Å². The molecule has 0 saturated carbocycles. The maximum absolute atomic E-state index is 12.3. The van der Waals surface area contributed by atoms with Crippen LogP contribution in [0.2, 0.25) is 0 Å². The van der Waals surface area contributed by atoms with Crippen LogP contribution in [0.25, 0.3) is 0 Å². The zero-order valence-electron chi connectivity index (χ0n) is 11.4. The molecule has 2 unspecified atom stereocenters. The summed E-state index contributed by atoms with van der Waals surface area (Å²) in [5.41, 5.74) is 0. The van der Waals surface area contributed by atoms with E-state index in [0.717, 1.165) is 12.2 Å². The fourth-order valence-corrected chi connectivity index (χ4v) is 4.83. The van der Waals surface area contributed by atoms with Crippen LogP contribution in [0.3, 0.4) is 0 Å². The number of hydrogen-bond acceptors (Lipinski definition) is 5. The highest BCUT2D eigenvalue weighted by atomic mass is 79.9. The van der Waals surface area contributed by atoms with E-state index in [1.54, 1.807) is 30.5 Å². The number of piperazine rings is 1. The third kappa shape index (κ3) is 2.23. The van der Waals surface area contributed by atoms with E-state index in [1.165, 1.54) is 0 Å². The molecule has 20 heavy (non-hydrogen) atoms. The Morgan fingerprint density at radius 3 is 2.50 bits per heavy atom. The van der Waals surface area contributed by atoms with Crippen molar-refractivity contribution in [1.82, 2.24) is 14.3 Å². The first-order valence-corrected chi connectivity index (χ1v) is 8.94. The van der Waals surface area contributed by atoms with E-state index in [2.05, 4.69) is 30.8 Å². The predicted molar refractivity (Wildman–Crippen MR) is 80.0 cm³/mol. The molecule has 3 aliphatic heterocycles. The first-order chi connectivity index (χ1) is 9.39. The van der Waals surface area contributed by atoms with Crippen LogP contribution >= 0.6 is 15.9 Å². The largest absolute Gasteiger partial charge is 0.352 e. The van der Waals surface area contributed by atoms with E-state index in [1.807, 2.05) is 0 Å². The van der Waals surface area contributed by atoms with Gasteiger partial charge in [-0.05, 0) is 36.2 Å². The average Bonchev–Trinajstić information content (AvgIpc) is 2.38. The quantitative estimate of drug-likeness (QED) is 0.811. The summed E-state index contributed by atoms with van der Waals surface area (Å²) in [4.78, 5) is 10.6. The lowest BCUT2D eigenvalue weighted by atomic mass is 9.91. The van der Waals surface area contributed by atoms with Gasteiger partial charge in [0.1, 0.15) is 10.4 Å². The molecule has 1 aromatic heterocycles. The van der Waals surface area contributed by atoms with Gasteiger partial charge in [-0.15, -0.1) is 0 Å². The highest BCUT2D eigenvalue weighted by Gasteiger charge is 2.51. The molecule has 2 bridgehead atoms. The minimum Gasteiger partial charge on any atom is -0.352 e. The van der Waals surface area contributed by atoms with Gasteiger partial charge in [-0.25, -0.2) is 13.4 Å². The van der Waals surface area contributed by atoms with Crippen molar-refractivity contribution in [3.05, 3.63) is 17.0 Å². The first-order valence-electron chi connectivity index (χ1n) is 6.64. The molecule has 6 nitrogen and oxygen atoms in total. The lowest BCUT2D eigenvalue weighted by molar-refractivity contribution is 0.0865. The van der Waals surface area contributed by atoms with Crippen molar-refractivity contribution in [2.75, 3.05) is 18.0 Å². The molecule has 0 amide bonds. The number of aromatic nitrogens is 2. The van der Waals surface area contributed by atoms with Crippen LogP contribution in [0.15, 0.2) is 17.0 Å². The van der Waals surface area contributed by atoms with Crippen LogP contribution in [0, 0.1) is 0 Å². The smallest absolute Gasteiger partial charge is 0.217 e. The van der Waals surface area contributed by atoms with Crippen molar-refractivity contribution in [3.8, 4) is 0 Å². The number of nitrogens with zero attached hydrogens (tertiary/aromatic N) is 4. The van der Waals surface area contributed by atoms with Gasteiger partial charge in [0, 0.05) is 25.2 Å². The number of halogens is 1. The fourth-order valence-electron chi connectivity index (χ4n) is 2.91. The molecule has 0 N–H and O–H groups in total. The molecule has 2 atom stereocenters. The Hall–Kier alpha value is -0.730. The Morgan fingerprint density at radius 1 is 1.30 bits per heavy atom. The van der Waals surface area contributed by atoms with Gasteiger partial charge in [-0.2, -0.15) is 4.31 Å². The summed E-state index contributed by atoms with van der Waals surface area (Å²) in [5.74, 6) is 0.802. The summed E-state index contributed by atoms with van der Waals surface area (Å²) in [6.45, 7) is 4.85. The first kappa shape index (κ1) is 14.2. The van der Waals surface area contributed by atoms with Crippen molar-refractivity contribution in [1.29, 1.82) is 0 Å². The summed E-state index contributed by atoms with van der Waals surface area (Å²) in [6.07, 6.45) is 4.31. The van der Waals surface area contributed by atoms with Crippen molar-refractivity contribution >= 4 is 31.8 Å². The molecular weight excluding hydrogens is 344 g/mol. The third-order valence-corrected chi connectivity index (χ3v) is 6.69. The molecule has 0 radical (unpaired) electrons. The Bertz CT molecular complexity index is 610. The number of anilines is 1. The molecule has 3 aliphatic rings. The summed E-state index contributed by atoms with van der Waals surface area (Å²) in [6, 6.07) is 0.142. The zero-order chi connectivity index (χ0) is 14.5. The second-order valence-corrected chi connectivity index (χ2v) is 8.78. The van der Waals surface area contributed by atoms with E-state index >= 15 is 0 Å². The number of hydrogen-bond donors (Lipinski definition) is 0. The van der Waals surface area contributed by atoms with Gasteiger partial charge >= 0.3 is 0 Å². The lowest BCUT2D eigenvalue weighted by Gasteiger charge is -2.55. The van der Waals surface area contributed by atoms with Crippen LogP contribution in [-0.4, -0.2) is 53.1 Å². The summed E-state index contributed by atoms with van der Waals surface area (Å²) in [5, 5.41) is -0.356. The Balaban J connectivity index is 1.77. The molecule has 0 aromatic carbocycles. The molecule has 3 saturated heterocycles. The molecule has 4 rings (SSSR count). The van der Waals surface area contributed by atoms with Crippen molar-refractivity contribution < 1.29 is 8.42 Å². The lowest BCUT2D eigenvalue weighted by Crippen LogP contribution is -2.71. The highest BCUT2D eigenvalue weighted by Crippen LogP contribution is 2.37. The number of fused-ring (bicyclic) bond motifs is 2. The van der Waals surface area contributed by atoms with E-state index in [9.17, 15) is 8.42 Å². The Morgan fingerprint density at radius 2 is 1.95 bits per heavy atom. The van der Waals surface area contributed by atoms with Gasteiger partial charge in [-0.1, -0.05) is 0 Å².